The van der Waals surface area contributed by atoms with Crippen molar-refractivity contribution in [2.75, 3.05) is 6.54 Å². The Kier molecular flexibility index (Phi) is 3.86. The van der Waals surface area contributed by atoms with Gasteiger partial charge in [-0.1, -0.05) is 28.8 Å². The first kappa shape index (κ1) is 13.4. The zero-order valence-electron chi connectivity index (χ0n) is 11.3. The summed E-state index contributed by atoms with van der Waals surface area (Å²) in [5.74, 6) is 1.07. The molecule has 0 unspecified atom stereocenters. The molecule has 0 aliphatic heterocycles. The summed E-state index contributed by atoms with van der Waals surface area (Å²) in [7, 11) is 0. The summed E-state index contributed by atoms with van der Waals surface area (Å²) >= 11 is 3.60. The van der Waals surface area contributed by atoms with E-state index >= 15 is 0 Å². The topological polar surface area (TPSA) is 35.2 Å². The van der Waals surface area contributed by atoms with E-state index in [1.807, 2.05) is 0 Å². The van der Waals surface area contributed by atoms with Crippen LogP contribution in [0.3, 0.4) is 0 Å². The number of ether oxygens (including phenoxy) is 1. The molecule has 3 heteroatoms. The predicted molar refractivity (Wildman–Crippen MR) is 81.6 cm³/mol. The van der Waals surface area contributed by atoms with Crippen molar-refractivity contribution in [3.05, 3.63) is 28.2 Å². The van der Waals surface area contributed by atoms with Crippen LogP contribution in [-0.2, 0) is 5.41 Å². The average molecular weight is 324 g/mol. The van der Waals surface area contributed by atoms with Gasteiger partial charge in [-0.25, -0.2) is 0 Å². The van der Waals surface area contributed by atoms with Gasteiger partial charge in [-0.05, 0) is 50.3 Å². The van der Waals surface area contributed by atoms with Crippen LogP contribution in [0.25, 0.3) is 0 Å². The highest BCUT2D eigenvalue weighted by molar-refractivity contribution is 9.10. The van der Waals surface area contributed by atoms with Crippen molar-refractivity contribution in [2.45, 2.75) is 56.5 Å². The molecule has 1 aromatic rings. The van der Waals surface area contributed by atoms with E-state index in [1.165, 1.54) is 50.5 Å². The van der Waals surface area contributed by atoms with Crippen LogP contribution in [0.5, 0.6) is 5.75 Å². The van der Waals surface area contributed by atoms with E-state index in [0.29, 0.717) is 6.10 Å². The molecule has 0 heterocycles. The maximum Gasteiger partial charge on any atom is 0.123 e. The van der Waals surface area contributed by atoms with Crippen LogP contribution in [0.15, 0.2) is 22.7 Å². The molecule has 0 amide bonds. The molecule has 3 rings (SSSR count). The van der Waals surface area contributed by atoms with Crippen LogP contribution < -0.4 is 10.5 Å². The molecule has 2 aliphatic rings. The van der Waals surface area contributed by atoms with Gasteiger partial charge in [0.1, 0.15) is 5.75 Å². The Hall–Kier alpha value is -0.540. The molecule has 0 radical (unpaired) electrons. The minimum Gasteiger partial charge on any atom is -0.490 e. The summed E-state index contributed by atoms with van der Waals surface area (Å²) < 4.78 is 7.33. The molecule has 2 fully saturated rings. The molecule has 0 saturated heterocycles. The Bertz CT molecular complexity index is 450. The number of nitrogens with two attached hydrogens (primary N) is 1. The zero-order chi connectivity index (χ0) is 13.3. The highest BCUT2D eigenvalue weighted by Crippen LogP contribution is 2.45. The minimum absolute atomic E-state index is 0.142. The Morgan fingerprint density at radius 1 is 1.21 bits per heavy atom. The fourth-order valence-electron chi connectivity index (χ4n) is 3.32. The molecule has 0 aromatic heterocycles. The van der Waals surface area contributed by atoms with Gasteiger partial charge in [0.05, 0.1) is 6.10 Å². The fraction of sp³-hybridized carbons (Fsp3) is 0.625. The lowest BCUT2D eigenvalue weighted by Gasteiger charge is -2.33. The molecule has 2 saturated carbocycles. The number of rotatable bonds is 4. The van der Waals surface area contributed by atoms with Crippen molar-refractivity contribution in [1.29, 1.82) is 0 Å². The van der Waals surface area contributed by atoms with Gasteiger partial charge in [0.2, 0.25) is 0 Å². The smallest absolute Gasteiger partial charge is 0.123 e. The van der Waals surface area contributed by atoms with E-state index in [0.717, 1.165) is 16.8 Å². The van der Waals surface area contributed by atoms with Crippen LogP contribution in [-0.4, -0.2) is 12.6 Å². The Morgan fingerprint density at radius 2 is 1.95 bits per heavy atom. The molecular weight excluding hydrogens is 302 g/mol. The lowest BCUT2D eigenvalue weighted by Crippen LogP contribution is -2.34. The van der Waals surface area contributed by atoms with Crippen molar-refractivity contribution < 1.29 is 4.74 Å². The summed E-state index contributed by atoms with van der Waals surface area (Å²) in [6, 6.07) is 6.43. The summed E-state index contributed by atoms with van der Waals surface area (Å²) in [4.78, 5) is 0. The summed E-state index contributed by atoms with van der Waals surface area (Å²) in [6.07, 6.45) is 9.09. The monoisotopic (exact) mass is 323 g/mol. The molecule has 1 aromatic carbocycles. The van der Waals surface area contributed by atoms with Gasteiger partial charge in [-0.15, -0.1) is 0 Å². The number of benzene rings is 1. The Labute approximate surface area is 123 Å². The molecule has 2 N–H and O–H groups in total. The van der Waals surface area contributed by atoms with Gasteiger partial charge in [0.25, 0.3) is 0 Å². The molecule has 19 heavy (non-hydrogen) atoms. The SMILES string of the molecule is NCC1(c2cc(Br)ccc2OC2CCC2)CCCC1. The second-order valence-corrected chi connectivity index (χ2v) is 6.92. The van der Waals surface area contributed by atoms with Gasteiger partial charge in [-0.3, -0.25) is 0 Å². The van der Waals surface area contributed by atoms with Gasteiger partial charge < -0.3 is 10.5 Å². The molecule has 0 bridgehead atoms. The van der Waals surface area contributed by atoms with Crippen molar-refractivity contribution in [1.82, 2.24) is 0 Å². The average Bonchev–Trinajstić information content (AvgIpc) is 2.85. The maximum absolute atomic E-state index is 6.20. The number of halogens is 1. The standard InChI is InChI=1S/C16H22BrNO/c17-12-6-7-15(19-13-4-3-5-13)14(10-12)16(11-18)8-1-2-9-16/h6-7,10,13H,1-5,8-9,11,18H2. The van der Waals surface area contributed by atoms with Gasteiger partial charge in [0.15, 0.2) is 0 Å². The second-order valence-electron chi connectivity index (χ2n) is 6.00. The molecule has 0 atom stereocenters. The van der Waals surface area contributed by atoms with Gasteiger partial charge in [0, 0.05) is 22.0 Å². The lowest BCUT2D eigenvalue weighted by molar-refractivity contribution is 0.117. The maximum atomic E-state index is 6.20. The first-order valence-electron chi connectivity index (χ1n) is 7.40. The third kappa shape index (κ3) is 2.55. The highest BCUT2D eigenvalue weighted by Gasteiger charge is 2.37. The first-order chi connectivity index (χ1) is 9.23. The summed E-state index contributed by atoms with van der Waals surface area (Å²) in [6.45, 7) is 0.727. The Balaban J connectivity index is 1.94. The number of hydrogen-bond acceptors (Lipinski definition) is 2. The van der Waals surface area contributed by atoms with E-state index in [-0.39, 0.29) is 5.41 Å². The van der Waals surface area contributed by atoms with Crippen LogP contribution in [0.1, 0.15) is 50.5 Å². The second kappa shape index (κ2) is 5.45. The van der Waals surface area contributed by atoms with E-state index in [4.69, 9.17) is 10.5 Å². The van der Waals surface area contributed by atoms with Crippen LogP contribution in [0, 0.1) is 0 Å². The van der Waals surface area contributed by atoms with Crippen LogP contribution >= 0.6 is 15.9 Å². The zero-order valence-corrected chi connectivity index (χ0v) is 12.9. The van der Waals surface area contributed by atoms with Gasteiger partial charge in [-0.2, -0.15) is 0 Å². The van der Waals surface area contributed by atoms with Crippen molar-refractivity contribution in [2.24, 2.45) is 5.73 Å². The van der Waals surface area contributed by atoms with Crippen LogP contribution in [0.2, 0.25) is 0 Å². The van der Waals surface area contributed by atoms with Crippen LogP contribution in [0.4, 0.5) is 0 Å². The third-order valence-corrected chi connectivity index (χ3v) is 5.30. The summed E-state index contributed by atoms with van der Waals surface area (Å²) in [5.41, 5.74) is 7.60. The normalized spacial score (nSPS) is 22.2. The molecule has 2 aliphatic carbocycles. The van der Waals surface area contributed by atoms with E-state index in [1.54, 1.807) is 0 Å². The number of hydrogen-bond donors (Lipinski definition) is 1. The lowest BCUT2D eigenvalue weighted by atomic mass is 9.78. The quantitative estimate of drug-likeness (QED) is 0.903. The molecule has 0 spiro atoms. The third-order valence-electron chi connectivity index (χ3n) is 4.81. The van der Waals surface area contributed by atoms with E-state index < -0.39 is 0 Å². The largest absolute Gasteiger partial charge is 0.490 e. The predicted octanol–water partition coefficient (Wildman–Crippen LogP) is 4.15. The van der Waals surface area contributed by atoms with Crippen molar-refractivity contribution in [3.8, 4) is 5.75 Å². The van der Waals surface area contributed by atoms with E-state index in [2.05, 4.69) is 34.1 Å². The summed E-state index contributed by atoms with van der Waals surface area (Å²) in [5, 5.41) is 0. The van der Waals surface area contributed by atoms with Crippen molar-refractivity contribution in [3.63, 3.8) is 0 Å². The van der Waals surface area contributed by atoms with Gasteiger partial charge >= 0.3 is 0 Å². The van der Waals surface area contributed by atoms with Crippen molar-refractivity contribution >= 4 is 15.9 Å². The van der Waals surface area contributed by atoms with E-state index in [9.17, 15) is 0 Å². The molecule has 2 nitrogen and oxygen atoms in total. The minimum atomic E-state index is 0.142. The highest BCUT2D eigenvalue weighted by atomic mass is 79.9. The first-order valence-corrected chi connectivity index (χ1v) is 8.20. The fourth-order valence-corrected chi connectivity index (χ4v) is 3.68. The Morgan fingerprint density at radius 3 is 2.53 bits per heavy atom. The molecule has 104 valence electrons. The molecular formula is C16H22BrNO.